The van der Waals surface area contributed by atoms with Crippen molar-refractivity contribution in [1.82, 2.24) is 0 Å². The predicted molar refractivity (Wildman–Crippen MR) is 143 cm³/mol. The molecule has 0 unspecified atom stereocenters. The smallest absolute Gasteiger partial charge is 0.241 e. The van der Waals surface area contributed by atoms with Crippen LogP contribution in [0, 0.1) is 0 Å². The second-order valence-electron chi connectivity index (χ2n) is 10.6. The van der Waals surface area contributed by atoms with Gasteiger partial charge in [0.2, 0.25) is 5.91 Å². The van der Waals surface area contributed by atoms with Crippen molar-refractivity contribution >= 4 is 12.0 Å². The Morgan fingerprint density at radius 3 is 2.14 bits per heavy atom. The molecular formula is C31H35NO3. The molecule has 0 atom stereocenters. The summed E-state index contributed by atoms with van der Waals surface area (Å²) in [6.45, 7) is 9.74. The number of fused-ring (bicyclic) bond motifs is 1. The van der Waals surface area contributed by atoms with E-state index >= 15 is 0 Å². The van der Waals surface area contributed by atoms with E-state index < -0.39 is 5.91 Å². The maximum absolute atomic E-state index is 11.3. The Kier molecular flexibility index (Phi) is 6.75. The van der Waals surface area contributed by atoms with Crippen molar-refractivity contribution < 1.29 is 14.3 Å². The number of primary amides is 1. The first-order valence-electron chi connectivity index (χ1n) is 12.1. The van der Waals surface area contributed by atoms with E-state index in [0.717, 1.165) is 46.6 Å². The molecule has 0 heterocycles. The Labute approximate surface area is 208 Å². The second-order valence-corrected chi connectivity index (χ2v) is 10.6. The van der Waals surface area contributed by atoms with Gasteiger partial charge < -0.3 is 15.2 Å². The molecule has 1 aliphatic rings. The van der Waals surface area contributed by atoms with Crippen LogP contribution in [0.2, 0.25) is 0 Å². The molecule has 4 rings (SSSR count). The largest absolute Gasteiger partial charge is 0.496 e. The van der Waals surface area contributed by atoms with Crippen molar-refractivity contribution in [2.45, 2.75) is 58.0 Å². The predicted octanol–water partition coefficient (Wildman–Crippen LogP) is 6.79. The number of ether oxygens (including phenoxy) is 2. The summed E-state index contributed by atoms with van der Waals surface area (Å²) in [6, 6.07) is 20.6. The molecule has 2 N–H and O–H groups in total. The molecule has 35 heavy (non-hydrogen) atoms. The number of carbonyl (C=O) groups is 1. The molecule has 0 aliphatic heterocycles. The van der Waals surface area contributed by atoms with Crippen LogP contribution in [0.3, 0.4) is 0 Å². The topological polar surface area (TPSA) is 61.5 Å². The van der Waals surface area contributed by atoms with Gasteiger partial charge in [-0.25, -0.2) is 0 Å². The minimum absolute atomic E-state index is 0.0499. The van der Waals surface area contributed by atoms with Gasteiger partial charge in [0.1, 0.15) is 18.1 Å². The fraction of sp³-hybridized carbons (Fsp3) is 0.323. The molecule has 0 saturated heterocycles. The van der Waals surface area contributed by atoms with Crippen LogP contribution in [0.25, 0.3) is 17.2 Å². The summed E-state index contributed by atoms with van der Waals surface area (Å²) in [6.07, 6.45) is 5.34. The van der Waals surface area contributed by atoms with Crippen molar-refractivity contribution in [2.75, 3.05) is 7.11 Å². The first-order valence-corrected chi connectivity index (χ1v) is 12.1. The van der Waals surface area contributed by atoms with Crippen LogP contribution < -0.4 is 15.2 Å². The lowest BCUT2D eigenvalue weighted by Crippen LogP contribution is -2.33. The number of rotatable bonds is 7. The highest BCUT2D eigenvalue weighted by Crippen LogP contribution is 2.50. The Balaban J connectivity index is 1.91. The SMILES string of the molecule is COc1ccc(/C=C/C(N)=O)cc1-c1cc2c(cc1OCc1ccccc1)C(C)(C)CCC2(C)C. The minimum Gasteiger partial charge on any atom is -0.496 e. The molecule has 0 spiro atoms. The normalized spacial score (nSPS) is 16.0. The molecule has 0 bridgehead atoms. The molecule has 3 aromatic rings. The fourth-order valence-electron chi connectivity index (χ4n) is 4.88. The Bertz CT molecular complexity index is 1260. The van der Waals surface area contributed by atoms with E-state index in [4.69, 9.17) is 15.2 Å². The number of hydrogen-bond acceptors (Lipinski definition) is 3. The van der Waals surface area contributed by atoms with Gasteiger partial charge >= 0.3 is 0 Å². The van der Waals surface area contributed by atoms with Gasteiger partial charge in [-0.15, -0.1) is 0 Å². The van der Waals surface area contributed by atoms with Crippen LogP contribution in [0.1, 0.15) is 62.8 Å². The van der Waals surface area contributed by atoms with Crippen molar-refractivity contribution in [3.05, 3.63) is 89.0 Å². The first-order chi connectivity index (χ1) is 16.6. The third-order valence-corrected chi connectivity index (χ3v) is 7.14. The Hall–Kier alpha value is -3.53. The van der Waals surface area contributed by atoms with Crippen LogP contribution in [-0.2, 0) is 22.2 Å². The van der Waals surface area contributed by atoms with E-state index in [1.807, 2.05) is 36.4 Å². The number of amides is 1. The quantitative estimate of drug-likeness (QED) is 0.388. The van der Waals surface area contributed by atoms with Crippen LogP contribution in [0.4, 0.5) is 0 Å². The molecular weight excluding hydrogens is 434 g/mol. The zero-order valence-corrected chi connectivity index (χ0v) is 21.4. The summed E-state index contributed by atoms with van der Waals surface area (Å²) < 4.78 is 12.3. The molecule has 4 nitrogen and oxygen atoms in total. The van der Waals surface area contributed by atoms with Gasteiger partial charge in [-0.1, -0.05) is 64.1 Å². The lowest BCUT2D eigenvalue weighted by molar-refractivity contribution is -0.113. The van der Waals surface area contributed by atoms with Gasteiger partial charge in [-0.3, -0.25) is 4.79 Å². The van der Waals surface area contributed by atoms with Crippen LogP contribution in [0.15, 0.2) is 66.7 Å². The molecule has 1 amide bonds. The molecule has 0 fully saturated rings. The second kappa shape index (κ2) is 9.61. The molecule has 0 radical (unpaired) electrons. The van der Waals surface area contributed by atoms with Gasteiger partial charge in [-0.2, -0.15) is 0 Å². The van der Waals surface area contributed by atoms with E-state index in [1.54, 1.807) is 13.2 Å². The lowest BCUT2D eigenvalue weighted by Gasteiger charge is -2.42. The summed E-state index contributed by atoms with van der Waals surface area (Å²) in [5.41, 5.74) is 12.0. The molecule has 182 valence electrons. The first kappa shape index (κ1) is 24.6. The van der Waals surface area contributed by atoms with Gasteiger partial charge in [0, 0.05) is 17.2 Å². The molecule has 0 saturated carbocycles. The van der Waals surface area contributed by atoms with E-state index in [0.29, 0.717) is 6.61 Å². The van der Waals surface area contributed by atoms with E-state index in [2.05, 4.69) is 52.0 Å². The summed E-state index contributed by atoms with van der Waals surface area (Å²) >= 11 is 0. The van der Waals surface area contributed by atoms with E-state index in [-0.39, 0.29) is 10.8 Å². The summed E-state index contributed by atoms with van der Waals surface area (Å²) in [7, 11) is 1.67. The highest BCUT2D eigenvalue weighted by molar-refractivity contribution is 5.91. The number of methoxy groups -OCH3 is 1. The summed E-state index contributed by atoms with van der Waals surface area (Å²) in [5.74, 6) is 1.10. The molecule has 3 aromatic carbocycles. The zero-order chi connectivity index (χ0) is 25.2. The summed E-state index contributed by atoms with van der Waals surface area (Å²) in [4.78, 5) is 11.3. The lowest BCUT2D eigenvalue weighted by atomic mass is 9.62. The van der Waals surface area contributed by atoms with Crippen LogP contribution >= 0.6 is 0 Å². The van der Waals surface area contributed by atoms with Gasteiger partial charge in [-0.05, 0) is 76.3 Å². The highest BCUT2D eigenvalue weighted by atomic mass is 16.5. The van der Waals surface area contributed by atoms with E-state index in [1.165, 1.54) is 17.2 Å². The van der Waals surface area contributed by atoms with Gasteiger partial charge in [0.15, 0.2) is 0 Å². The number of hydrogen-bond donors (Lipinski definition) is 1. The third-order valence-electron chi connectivity index (χ3n) is 7.14. The maximum Gasteiger partial charge on any atom is 0.241 e. The molecule has 4 heteroatoms. The molecule has 1 aliphatic carbocycles. The zero-order valence-electron chi connectivity index (χ0n) is 21.4. The van der Waals surface area contributed by atoms with Crippen molar-refractivity contribution in [2.24, 2.45) is 5.73 Å². The fourth-order valence-corrected chi connectivity index (χ4v) is 4.88. The van der Waals surface area contributed by atoms with Crippen molar-refractivity contribution in [1.29, 1.82) is 0 Å². The van der Waals surface area contributed by atoms with Crippen LogP contribution in [0.5, 0.6) is 11.5 Å². The van der Waals surface area contributed by atoms with Gasteiger partial charge in [0.25, 0.3) is 0 Å². The highest BCUT2D eigenvalue weighted by Gasteiger charge is 2.38. The Morgan fingerprint density at radius 1 is 0.886 bits per heavy atom. The number of carbonyl (C=O) groups excluding carboxylic acids is 1. The average Bonchev–Trinajstić information content (AvgIpc) is 2.84. The monoisotopic (exact) mass is 469 g/mol. The third kappa shape index (κ3) is 5.27. The van der Waals surface area contributed by atoms with Crippen molar-refractivity contribution in [3.63, 3.8) is 0 Å². The Morgan fingerprint density at radius 2 is 1.51 bits per heavy atom. The minimum atomic E-state index is -0.480. The van der Waals surface area contributed by atoms with E-state index in [9.17, 15) is 4.79 Å². The average molecular weight is 470 g/mol. The standard InChI is InChI=1S/C31H35NO3/c1-30(2)15-16-31(3,4)26-19-28(35-20-22-9-7-6-8-10-22)24(18-25(26)30)23-17-21(12-14-29(32)33)11-13-27(23)34-5/h6-14,17-19H,15-16,20H2,1-5H3,(H2,32,33)/b14-12+. The molecule has 0 aromatic heterocycles. The van der Waals surface area contributed by atoms with Gasteiger partial charge in [0.05, 0.1) is 7.11 Å². The number of benzene rings is 3. The summed E-state index contributed by atoms with van der Waals surface area (Å²) in [5, 5.41) is 0. The van der Waals surface area contributed by atoms with Crippen LogP contribution in [-0.4, -0.2) is 13.0 Å². The number of nitrogens with two attached hydrogens (primary N) is 1. The van der Waals surface area contributed by atoms with Crippen molar-refractivity contribution in [3.8, 4) is 22.6 Å². The maximum atomic E-state index is 11.3.